The molecule has 0 saturated carbocycles. The minimum Gasteiger partial charge on any atom is -0.441 e. The summed E-state index contributed by atoms with van der Waals surface area (Å²) < 4.78 is 5.16. The fourth-order valence-corrected chi connectivity index (χ4v) is 3.25. The molecule has 0 fully saturated rings. The summed E-state index contributed by atoms with van der Waals surface area (Å²) in [5, 5.41) is 1.17. The van der Waals surface area contributed by atoms with Crippen molar-refractivity contribution in [2.75, 3.05) is 0 Å². The van der Waals surface area contributed by atoms with Crippen molar-refractivity contribution in [1.29, 1.82) is 0 Å². The molecule has 1 aliphatic rings. The molecule has 0 aliphatic heterocycles. The first kappa shape index (κ1) is 14.2. The summed E-state index contributed by atoms with van der Waals surface area (Å²) in [6, 6.07) is 11.5. The lowest BCUT2D eigenvalue weighted by atomic mass is 10.00. The third-order valence-corrected chi connectivity index (χ3v) is 4.06. The highest BCUT2D eigenvalue weighted by atomic mass is 35.5. The van der Waals surface area contributed by atoms with Crippen molar-refractivity contribution in [3.63, 3.8) is 0 Å². The van der Waals surface area contributed by atoms with E-state index in [1.165, 1.54) is 5.56 Å². The van der Waals surface area contributed by atoms with Gasteiger partial charge in [-0.1, -0.05) is 35.3 Å². The molecule has 3 nitrogen and oxygen atoms in total. The van der Waals surface area contributed by atoms with Crippen LogP contribution in [0.1, 0.15) is 23.7 Å². The van der Waals surface area contributed by atoms with Crippen LogP contribution >= 0.6 is 23.2 Å². The van der Waals surface area contributed by atoms with Crippen LogP contribution in [0.25, 0.3) is 11.1 Å². The van der Waals surface area contributed by atoms with Gasteiger partial charge in [0.05, 0.1) is 0 Å². The lowest BCUT2D eigenvalue weighted by molar-refractivity contribution is 0.107. The summed E-state index contributed by atoms with van der Waals surface area (Å²) in [5.74, 6) is 0. The second-order valence-electron chi connectivity index (χ2n) is 5.04. The Morgan fingerprint density at radius 3 is 2.48 bits per heavy atom. The van der Waals surface area contributed by atoms with Gasteiger partial charge in [-0.15, -0.1) is 0 Å². The van der Waals surface area contributed by atoms with Crippen LogP contribution in [0.15, 0.2) is 36.4 Å². The Morgan fingerprint density at radius 1 is 1.10 bits per heavy atom. The second-order valence-corrected chi connectivity index (χ2v) is 5.91. The number of rotatable bonds is 2. The molecule has 0 spiro atoms. The normalized spacial score (nSPS) is 16.6. The number of fused-ring (bicyclic) bond motifs is 1. The van der Waals surface area contributed by atoms with E-state index in [1.807, 2.05) is 30.3 Å². The highest BCUT2D eigenvalue weighted by Crippen LogP contribution is 2.37. The number of primary amides is 1. The Kier molecular flexibility index (Phi) is 3.79. The number of benzene rings is 2. The highest BCUT2D eigenvalue weighted by molar-refractivity contribution is 6.35. The van der Waals surface area contributed by atoms with E-state index in [1.54, 1.807) is 6.07 Å². The summed E-state index contributed by atoms with van der Waals surface area (Å²) in [6.45, 7) is 0. The molecule has 0 aromatic heterocycles. The molecule has 0 saturated heterocycles. The summed E-state index contributed by atoms with van der Waals surface area (Å²) >= 11 is 12.1. The Balaban J connectivity index is 2.00. The van der Waals surface area contributed by atoms with Crippen molar-refractivity contribution in [2.24, 2.45) is 5.73 Å². The van der Waals surface area contributed by atoms with Crippen molar-refractivity contribution in [2.45, 2.75) is 18.9 Å². The van der Waals surface area contributed by atoms with Crippen LogP contribution in [0.4, 0.5) is 4.79 Å². The van der Waals surface area contributed by atoms with Crippen molar-refractivity contribution < 1.29 is 9.53 Å². The largest absolute Gasteiger partial charge is 0.441 e. The number of amides is 1. The fourth-order valence-electron chi connectivity index (χ4n) is 2.73. The zero-order chi connectivity index (χ0) is 15.0. The van der Waals surface area contributed by atoms with Gasteiger partial charge >= 0.3 is 6.09 Å². The number of carbonyl (C=O) groups excluding carboxylic acids is 1. The van der Waals surface area contributed by atoms with Gasteiger partial charge in [0.1, 0.15) is 6.10 Å². The van der Waals surface area contributed by atoms with Gasteiger partial charge in [0.25, 0.3) is 0 Å². The number of halogens is 2. The van der Waals surface area contributed by atoms with E-state index >= 15 is 0 Å². The predicted octanol–water partition coefficient (Wildman–Crippen LogP) is 4.74. The molecule has 5 heteroatoms. The van der Waals surface area contributed by atoms with Gasteiger partial charge in [-0.25, -0.2) is 4.79 Å². The van der Waals surface area contributed by atoms with Gasteiger partial charge in [-0.3, -0.25) is 0 Å². The summed E-state index contributed by atoms with van der Waals surface area (Å²) in [5.41, 5.74) is 9.22. The van der Waals surface area contributed by atoms with Crippen LogP contribution in [0.2, 0.25) is 10.0 Å². The molecule has 2 aromatic carbocycles. The molecule has 1 unspecified atom stereocenters. The maximum absolute atomic E-state index is 11.0. The smallest absolute Gasteiger partial charge is 0.405 e. The van der Waals surface area contributed by atoms with Crippen molar-refractivity contribution in [3.8, 4) is 11.1 Å². The number of hydrogen-bond acceptors (Lipinski definition) is 2. The van der Waals surface area contributed by atoms with Crippen LogP contribution in [0, 0.1) is 0 Å². The number of carbonyl (C=O) groups is 1. The average Bonchev–Trinajstić information content (AvgIpc) is 2.79. The first-order chi connectivity index (χ1) is 10.0. The van der Waals surface area contributed by atoms with Gasteiger partial charge in [-0.05, 0) is 59.4 Å². The monoisotopic (exact) mass is 321 g/mol. The fraction of sp³-hybridized carbons (Fsp3) is 0.188. The molecule has 0 radical (unpaired) electrons. The lowest BCUT2D eigenvalue weighted by Crippen LogP contribution is -2.15. The molecular weight excluding hydrogens is 309 g/mol. The van der Waals surface area contributed by atoms with E-state index in [0.29, 0.717) is 10.0 Å². The van der Waals surface area contributed by atoms with Crippen molar-refractivity contribution >= 4 is 29.3 Å². The van der Waals surface area contributed by atoms with Gasteiger partial charge in [0.2, 0.25) is 0 Å². The maximum atomic E-state index is 11.0. The van der Waals surface area contributed by atoms with Crippen LogP contribution in [-0.2, 0) is 11.2 Å². The van der Waals surface area contributed by atoms with E-state index < -0.39 is 6.09 Å². The lowest BCUT2D eigenvalue weighted by Gasteiger charge is -2.13. The summed E-state index contributed by atoms with van der Waals surface area (Å²) in [7, 11) is 0. The molecule has 2 aromatic rings. The predicted molar refractivity (Wildman–Crippen MR) is 83.6 cm³/mol. The van der Waals surface area contributed by atoms with Gasteiger partial charge < -0.3 is 10.5 Å². The number of ether oxygens (including phenoxy) is 1. The maximum Gasteiger partial charge on any atom is 0.405 e. The van der Waals surface area contributed by atoms with E-state index in [-0.39, 0.29) is 6.10 Å². The molecule has 0 heterocycles. The summed E-state index contributed by atoms with van der Waals surface area (Å²) in [4.78, 5) is 11.0. The molecule has 21 heavy (non-hydrogen) atoms. The Labute approximate surface area is 132 Å². The first-order valence-electron chi connectivity index (χ1n) is 6.58. The van der Waals surface area contributed by atoms with Crippen molar-refractivity contribution in [3.05, 3.63) is 57.6 Å². The van der Waals surface area contributed by atoms with Gasteiger partial charge in [0, 0.05) is 10.0 Å². The number of hydrogen-bond donors (Lipinski definition) is 1. The Hall–Kier alpha value is -1.71. The van der Waals surface area contributed by atoms with Crippen LogP contribution in [0.3, 0.4) is 0 Å². The third-order valence-electron chi connectivity index (χ3n) is 3.62. The topological polar surface area (TPSA) is 52.3 Å². The van der Waals surface area contributed by atoms with Crippen LogP contribution < -0.4 is 5.73 Å². The van der Waals surface area contributed by atoms with Crippen LogP contribution in [-0.4, -0.2) is 6.09 Å². The van der Waals surface area contributed by atoms with E-state index in [9.17, 15) is 4.79 Å². The second kappa shape index (κ2) is 5.58. The molecular formula is C16H13Cl2NO2. The quantitative estimate of drug-likeness (QED) is 0.868. The molecule has 1 aliphatic carbocycles. The molecule has 2 N–H and O–H groups in total. The third kappa shape index (κ3) is 2.99. The average molecular weight is 322 g/mol. The molecule has 3 rings (SSSR count). The molecule has 1 amide bonds. The number of aryl methyl sites for hydroxylation is 1. The van der Waals surface area contributed by atoms with Gasteiger partial charge in [0.15, 0.2) is 0 Å². The number of nitrogens with two attached hydrogens (primary N) is 1. The molecule has 0 bridgehead atoms. The zero-order valence-corrected chi connectivity index (χ0v) is 12.6. The standard InChI is InChI=1S/C16H13Cl2NO2/c17-12-5-11(6-13(18)8-12)10-2-1-9-3-4-15(14(9)7-10)21-16(19)20/h1-2,5-8,15H,3-4H2,(H2,19,20). The van der Waals surface area contributed by atoms with E-state index in [4.69, 9.17) is 33.7 Å². The Morgan fingerprint density at radius 2 is 1.81 bits per heavy atom. The molecule has 1 atom stereocenters. The summed E-state index contributed by atoms with van der Waals surface area (Å²) in [6.07, 6.45) is 0.623. The van der Waals surface area contributed by atoms with Crippen molar-refractivity contribution in [1.82, 2.24) is 0 Å². The Bertz CT molecular complexity index is 695. The van der Waals surface area contributed by atoms with E-state index in [2.05, 4.69) is 0 Å². The highest BCUT2D eigenvalue weighted by Gasteiger charge is 2.25. The minimum atomic E-state index is -0.746. The van der Waals surface area contributed by atoms with Crippen LogP contribution in [0.5, 0.6) is 0 Å². The SMILES string of the molecule is NC(=O)OC1CCc2ccc(-c3cc(Cl)cc(Cl)c3)cc21. The minimum absolute atomic E-state index is 0.271. The first-order valence-corrected chi connectivity index (χ1v) is 7.34. The van der Waals surface area contributed by atoms with E-state index in [0.717, 1.165) is 29.5 Å². The molecule has 108 valence electrons. The zero-order valence-electron chi connectivity index (χ0n) is 11.1. The van der Waals surface area contributed by atoms with Gasteiger partial charge in [-0.2, -0.15) is 0 Å².